The molecule has 1 fully saturated rings. The fourth-order valence-corrected chi connectivity index (χ4v) is 5.31. The van der Waals surface area contributed by atoms with Crippen molar-refractivity contribution in [3.63, 3.8) is 0 Å². The molecule has 0 amide bonds. The van der Waals surface area contributed by atoms with Crippen molar-refractivity contribution < 1.29 is 28.7 Å². The van der Waals surface area contributed by atoms with Gasteiger partial charge in [0.05, 0.1) is 11.8 Å². The molecule has 212 valence electrons. The maximum Gasteiger partial charge on any atom is 0.310 e. The van der Waals surface area contributed by atoms with Crippen LogP contribution in [0.15, 0.2) is 109 Å². The second-order valence-corrected chi connectivity index (χ2v) is 10.4. The minimum atomic E-state index is -0.709. The van der Waals surface area contributed by atoms with Crippen LogP contribution in [0.25, 0.3) is 22.3 Å². The van der Waals surface area contributed by atoms with Crippen molar-refractivity contribution in [1.82, 2.24) is 0 Å². The number of hydrogen-bond acceptors (Lipinski definition) is 6. The van der Waals surface area contributed by atoms with Crippen LogP contribution in [-0.4, -0.2) is 36.7 Å². The van der Waals surface area contributed by atoms with E-state index in [4.69, 9.17) is 9.47 Å². The number of rotatable bonds is 10. The van der Waals surface area contributed by atoms with Gasteiger partial charge in [-0.2, -0.15) is 0 Å². The van der Waals surface area contributed by atoms with Crippen molar-refractivity contribution in [2.75, 3.05) is 13.2 Å². The molecule has 4 aromatic rings. The minimum absolute atomic E-state index is 0.318. The lowest BCUT2D eigenvalue weighted by Gasteiger charge is -2.28. The van der Waals surface area contributed by atoms with Crippen molar-refractivity contribution in [3.05, 3.63) is 120 Å². The summed E-state index contributed by atoms with van der Waals surface area (Å²) in [5, 5.41) is 0. The SMILES string of the molecule is O=C(COC(=O)C1CCCCC1C(=O)OCC(=O)c1ccc(-c2ccccc2)cc1)c1ccc(-c2ccccc2)cc1. The molecule has 1 saturated carbocycles. The maximum atomic E-state index is 12.9. The Balaban J connectivity index is 1.13. The summed E-state index contributed by atoms with van der Waals surface area (Å²) in [6.45, 7) is -0.807. The van der Waals surface area contributed by atoms with Gasteiger partial charge < -0.3 is 9.47 Å². The second-order valence-electron chi connectivity index (χ2n) is 10.4. The summed E-state index contributed by atoms with van der Waals surface area (Å²) < 4.78 is 10.7. The summed E-state index contributed by atoms with van der Waals surface area (Å²) >= 11 is 0. The molecule has 1 aliphatic carbocycles. The van der Waals surface area contributed by atoms with Gasteiger partial charge in [0, 0.05) is 11.1 Å². The second kappa shape index (κ2) is 13.7. The van der Waals surface area contributed by atoms with E-state index in [2.05, 4.69) is 0 Å². The number of ether oxygens (including phenoxy) is 2. The first-order valence-electron chi connectivity index (χ1n) is 14.2. The lowest BCUT2D eigenvalue weighted by atomic mass is 9.79. The molecule has 2 unspecified atom stereocenters. The molecule has 0 aliphatic heterocycles. The Morgan fingerprint density at radius 2 is 0.810 bits per heavy atom. The standard InChI is InChI=1S/C36H32O6/c37-33(29-19-15-27(16-20-29)25-9-3-1-4-10-25)23-41-35(39)31-13-7-8-14-32(31)36(40)42-24-34(38)30-21-17-28(18-22-30)26-11-5-2-6-12-26/h1-6,9-12,15-22,31-32H,7-8,13-14,23-24H2. The molecular formula is C36H32O6. The van der Waals surface area contributed by atoms with Gasteiger partial charge in [0.1, 0.15) is 0 Å². The van der Waals surface area contributed by atoms with Crippen LogP contribution in [0.2, 0.25) is 0 Å². The number of carbonyl (C=O) groups is 4. The lowest BCUT2D eigenvalue weighted by Crippen LogP contribution is -2.36. The topological polar surface area (TPSA) is 86.7 Å². The summed E-state index contributed by atoms with van der Waals surface area (Å²) in [4.78, 5) is 51.3. The van der Waals surface area contributed by atoms with E-state index < -0.39 is 37.0 Å². The van der Waals surface area contributed by atoms with Gasteiger partial charge in [0.25, 0.3) is 0 Å². The van der Waals surface area contributed by atoms with Crippen LogP contribution in [0.1, 0.15) is 46.4 Å². The van der Waals surface area contributed by atoms with Gasteiger partial charge in [0.2, 0.25) is 0 Å². The zero-order valence-corrected chi connectivity index (χ0v) is 23.2. The summed E-state index contributed by atoms with van der Waals surface area (Å²) in [6, 6.07) is 33.9. The van der Waals surface area contributed by atoms with Gasteiger partial charge >= 0.3 is 11.9 Å². The zero-order valence-electron chi connectivity index (χ0n) is 23.2. The third kappa shape index (κ3) is 7.07. The molecule has 0 bridgehead atoms. The molecule has 2 atom stereocenters. The third-order valence-electron chi connectivity index (χ3n) is 7.69. The summed E-state index contributed by atoms with van der Waals surface area (Å²) in [5.74, 6) is -3.23. The molecule has 5 rings (SSSR count). The van der Waals surface area contributed by atoms with Gasteiger partial charge in [-0.05, 0) is 35.1 Å². The van der Waals surface area contributed by atoms with Crippen LogP contribution in [0, 0.1) is 11.8 Å². The van der Waals surface area contributed by atoms with E-state index in [1.165, 1.54) is 0 Å². The summed E-state index contributed by atoms with van der Waals surface area (Å²) in [6.07, 6.45) is 2.47. The molecule has 0 aromatic heterocycles. The van der Waals surface area contributed by atoms with Gasteiger partial charge in [-0.1, -0.05) is 122 Å². The van der Waals surface area contributed by atoms with Crippen molar-refractivity contribution in [2.24, 2.45) is 11.8 Å². The smallest absolute Gasteiger partial charge is 0.310 e. The molecule has 0 radical (unpaired) electrons. The molecule has 42 heavy (non-hydrogen) atoms. The van der Waals surface area contributed by atoms with Crippen LogP contribution in [0.4, 0.5) is 0 Å². The molecule has 0 saturated heterocycles. The lowest BCUT2D eigenvalue weighted by molar-refractivity contribution is -0.161. The van der Waals surface area contributed by atoms with Gasteiger partial charge in [-0.25, -0.2) is 0 Å². The average Bonchev–Trinajstić information content (AvgIpc) is 3.06. The van der Waals surface area contributed by atoms with Crippen molar-refractivity contribution in [1.29, 1.82) is 0 Å². The molecule has 4 aromatic carbocycles. The Hall–Kier alpha value is -4.84. The number of Topliss-reactive ketones (excluding diaryl/α,β-unsaturated/α-hetero) is 2. The van der Waals surface area contributed by atoms with Crippen molar-refractivity contribution >= 4 is 23.5 Å². The predicted octanol–water partition coefficient (Wildman–Crippen LogP) is 6.98. The number of hydrogen-bond donors (Lipinski definition) is 0. The molecule has 6 heteroatoms. The summed E-state index contributed by atoms with van der Waals surface area (Å²) in [5.41, 5.74) is 4.93. The van der Waals surface area contributed by atoms with E-state index in [0.717, 1.165) is 35.1 Å². The number of ketones is 2. The van der Waals surface area contributed by atoms with Gasteiger partial charge in [-0.15, -0.1) is 0 Å². The number of carbonyl (C=O) groups excluding carboxylic acids is 4. The normalized spacial score (nSPS) is 16.3. The highest BCUT2D eigenvalue weighted by atomic mass is 16.5. The van der Waals surface area contributed by atoms with Crippen LogP contribution < -0.4 is 0 Å². The maximum absolute atomic E-state index is 12.9. The van der Waals surface area contributed by atoms with Crippen molar-refractivity contribution in [3.8, 4) is 22.3 Å². The Kier molecular flexibility index (Phi) is 9.34. The quantitative estimate of drug-likeness (QED) is 0.154. The first-order valence-corrected chi connectivity index (χ1v) is 14.2. The molecule has 1 aliphatic rings. The summed E-state index contributed by atoms with van der Waals surface area (Å²) in [7, 11) is 0. The molecule has 6 nitrogen and oxygen atoms in total. The Bertz CT molecular complexity index is 1410. The van der Waals surface area contributed by atoms with E-state index >= 15 is 0 Å². The highest BCUT2D eigenvalue weighted by Crippen LogP contribution is 2.32. The Morgan fingerprint density at radius 3 is 1.17 bits per heavy atom. The average molecular weight is 561 g/mol. The van der Waals surface area contributed by atoms with Crippen LogP contribution in [-0.2, 0) is 19.1 Å². The van der Waals surface area contributed by atoms with Gasteiger partial charge in [-0.3, -0.25) is 19.2 Å². The van der Waals surface area contributed by atoms with Crippen LogP contribution in [0.5, 0.6) is 0 Å². The first kappa shape index (κ1) is 28.7. The molecule has 0 N–H and O–H groups in total. The van der Waals surface area contributed by atoms with Crippen LogP contribution >= 0.6 is 0 Å². The largest absolute Gasteiger partial charge is 0.457 e. The highest BCUT2D eigenvalue weighted by Gasteiger charge is 2.38. The Labute approximate surface area is 245 Å². The van der Waals surface area contributed by atoms with Crippen molar-refractivity contribution in [2.45, 2.75) is 25.7 Å². The molecular weight excluding hydrogens is 528 g/mol. The fourth-order valence-electron chi connectivity index (χ4n) is 5.31. The zero-order chi connectivity index (χ0) is 29.3. The first-order chi connectivity index (χ1) is 20.5. The minimum Gasteiger partial charge on any atom is -0.457 e. The van der Waals surface area contributed by atoms with E-state index in [-0.39, 0.29) is 11.6 Å². The number of benzene rings is 4. The fraction of sp³-hybridized carbons (Fsp3) is 0.222. The Morgan fingerprint density at radius 1 is 0.476 bits per heavy atom. The highest BCUT2D eigenvalue weighted by molar-refractivity contribution is 5.99. The van der Waals surface area contributed by atoms with E-state index in [1.54, 1.807) is 24.3 Å². The molecule has 0 heterocycles. The van der Waals surface area contributed by atoms with E-state index in [1.807, 2.05) is 84.9 Å². The van der Waals surface area contributed by atoms with Gasteiger partial charge in [0.15, 0.2) is 24.8 Å². The van der Waals surface area contributed by atoms with E-state index in [9.17, 15) is 19.2 Å². The molecule has 0 spiro atoms. The van der Waals surface area contributed by atoms with E-state index in [0.29, 0.717) is 24.0 Å². The number of esters is 2. The predicted molar refractivity (Wildman–Crippen MR) is 160 cm³/mol. The van der Waals surface area contributed by atoms with Crippen LogP contribution in [0.3, 0.4) is 0 Å². The third-order valence-corrected chi connectivity index (χ3v) is 7.69. The monoisotopic (exact) mass is 560 g/mol.